The van der Waals surface area contributed by atoms with Crippen molar-refractivity contribution < 1.29 is 14.3 Å². The average Bonchev–Trinajstić information content (AvgIpc) is 3.04. The van der Waals surface area contributed by atoms with E-state index in [1.165, 1.54) is 6.08 Å². The van der Waals surface area contributed by atoms with Gasteiger partial charge < -0.3 is 4.74 Å². The first kappa shape index (κ1) is 20.3. The Hall–Kier alpha value is -3.47. The molecule has 0 bridgehead atoms. The molecule has 0 fully saturated rings. The second kappa shape index (κ2) is 9.15. The predicted octanol–water partition coefficient (Wildman–Crippen LogP) is 4.49. The number of hydrogen-bond acceptors (Lipinski definition) is 4. The molecule has 0 spiro atoms. The molecule has 5 heteroatoms. The lowest BCUT2D eigenvalue weighted by Crippen LogP contribution is -2.12. The molecule has 0 unspecified atom stereocenters. The molecule has 5 nitrogen and oxygen atoms in total. The number of aromatic nitrogens is 2. The normalized spacial score (nSPS) is 11.0. The minimum absolute atomic E-state index is 0.223. The van der Waals surface area contributed by atoms with Gasteiger partial charge in [0.15, 0.2) is 12.4 Å². The molecule has 0 saturated carbocycles. The Morgan fingerprint density at radius 1 is 1.03 bits per heavy atom. The summed E-state index contributed by atoms with van der Waals surface area (Å²) in [4.78, 5) is 24.2. The van der Waals surface area contributed by atoms with Gasteiger partial charge in [0, 0.05) is 22.9 Å². The maximum atomic E-state index is 12.2. The second-order valence-corrected chi connectivity index (χ2v) is 6.75. The van der Waals surface area contributed by atoms with Crippen LogP contribution in [0.1, 0.15) is 39.8 Å². The van der Waals surface area contributed by atoms with E-state index in [-0.39, 0.29) is 12.4 Å². The molecule has 0 aliphatic heterocycles. The first-order chi connectivity index (χ1) is 14.0. The fourth-order valence-electron chi connectivity index (χ4n) is 3.06. The van der Waals surface area contributed by atoms with Crippen LogP contribution in [0.25, 0.3) is 11.8 Å². The quantitative estimate of drug-likeness (QED) is 0.340. The standard InChI is InChI=1S/C24H24N2O3/c1-4-19-10-12-20(13-11-19)23(27)16-29-24(28)15-14-22-17(2)25-26(18(22)3)21-8-6-5-7-9-21/h5-15H,4,16H2,1-3H3/b15-14+. The maximum Gasteiger partial charge on any atom is 0.331 e. The summed E-state index contributed by atoms with van der Waals surface area (Å²) >= 11 is 0. The molecule has 0 N–H and O–H groups in total. The number of ketones is 1. The topological polar surface area (TPSA) is 61.2 Å². The number of carbonyl (C=O) groups is 2. The van der Waals surface area contributed by atoms with Gasteiger partial charge in [0.2, 0.25) is 0 Å². The highest BCUT2D eigenvalue weighted by atomic mass is 16.5. The molecule has 0 atom stereocenters. The van der Waals surface area contributed by atoms with Gasteiger partial charge >= 0.3 is 5.97 Å². The summed E-state index contributed by atoms with van der Waals surface area (Å²) in [6.07, 6.45) is 3.92. The van der Waals surface area contributed by atoms with E-state index in [1.54, 1.807) is 18.2 Å². The number of esters is 1. The first-order valence-corrected chi connectivity index (χ1v) is 9.58. The number of carbonyl (C=O) groups excluding carboxylic acids is 2. The third-order valence-corrected chi connectivity index (χ3v) is 4.76. The number of Topliss-reactive ketones (excluding diaryl/α,β-unsaturated/α-hetero) is 1. The van der Waals surface area contributed by atoms with E-state index in [9.17, 15) is 9.59 Å². The fraction of sp³-hybridized carbons (Fsp3) is 0.208. The van der Waals surface area contributed by atoms with Gasteiger partial charge in [0.05, 0.1) is 11.4 Å². The van der Waals surface area contributed by atoms with Crippen LogP contribution >= 0.6 is 0 Å². The van der Waals surface area contributed by atoms with E-state index in [0.717, 1.165) is 34.6 Å². The summed E-state index contributed by atoms with van der Waals surface area (Å²) in [7, 11) is 0. The minimum Gasteiger partial charge on any atom is -0.454 e. The van der Waals surface area contributed by atoms with Crippen molar-refractivity contribution in [3.8, 4) is 5.69 Å². The van der Waals surface area contributed by atoms with Gasteiger partial charge in [-0.1, -0.05) is 49.4 Å². The smallest absolute Gasteiger partial charge is 0.331 e. The van der Waals surface area contributed by atoms with Crippen LogP contribution in [0.2, 0.25) is 0 Å². The van der Waals surface area contributed by atoms with Crippen LogP contribution < -0.4 is 0 Å². The monoisotopic (exact) mass is 388 g/mol. The van der Waals surface area contributed by atoms with Gasteiger partial charge in [0.25, 0.3) is 0 Å². The van der Waals surface area contributed by atoms with Crippen molar-refractivity contribution in [1.82, 2.24) is 9.78 Å². The molecule has 0 aliphatic carbocycles. The Morgan fingerprint density at radius 3 is 2.38 bits per heavy atom. The van der Waals surface area contributed by atoms with Crippen LogP contribution in [0, 0.1) is 13.8 Å². The van der Waals surface area contributed by atoms with Crippen LogP contribution in [0.5, 0.6) is 0 Å². The molecule has 3 rings (SSSR count). The highest BCUT2D eigenvalue weighted by Gasteiger charge is 2.12. The Kier molecular flexibility index (Phi) is 6.39. The molecule has 29 heavy (non-hydrogen) atoms. The Morgan fingerprint density at radius 2 is 1.72 bits per heavy atom. The number of ether oxygens (including phenoxy) is 1. The lowest BCUT2D eigenvalue weighted by Gasteiger charge is -2.04. The zero-order valence-electron chi connectivity index (χ0n) is 16.9. The molecule has 2 aromatic carbocycles. The van der Waals surface area contributed by atoms with Crippen molar-refractivity contribution in [3.63, 3.8) is 0 Å². The number of para-hydroxylation sites is 1. The van der Waals surface area contributed by atoms with Crippen molar-refractivity contribution in [3.05, 3.63) is 88.8 Å². The second-order valence-electron chi connectivity index (χ2n) is 6.75. The fourth-order valence-corrected chi connectivity index (χ4v) is 3.06. The molecular formula is C24H24N2O3. The molecular weight excluding hydrogens is 364 g/mol. The van der Waals surface area contributed by atoms with Gasteiger partial charge in [-0.15, -0.1) is 0 Å². The Bertz CT molecular complexity index is 1030. The molecule has 0 amide bonds. The number of hydrogen-bond donors (Lipinski definition) is 0. The highest BCUT2D eigenvalue weighted by Crippen LogP contribution is 2.19. The van der Waals surface area contributed by atoms with E-state index >= 15 is 0 Å². The van der Waals surface area contributed by atoms with E-state index in [2.05, 4.69) is 12.0 Å². The summed E-state index contributed by atoms with van der Waals surface area (Å²) in [5, 5.41) is 4.55. The molecule has 1 heterocycles. The van der Waals surface area contributed by atoms with E-state index in [4.69, 9.17) is 4.74 Å². The van der Waals surface area contributed by atoms with Gasteiger partial charge in [-0.3, -0.25) is 4.79 Å². The third-order valence-electron chi connectivity index (χ3n) is 4.76. The van der Waals surface area contributed by atoms with Gasteiger partial charge in [-0.05, 0) is 44.0 Å². The molecule has 0 aliphatic rings. The van der Waals surface area contributed by atoms with Crippen LogP contribution in [0.15, 0.2) is 60.7 Å². The van der Waals surface area contributed by atoms with Crippen molar-refractivity contribution in [2.45, 2.75) is 27.2 Å². The third kappa shape index (κ3) is 4.88. The van der Waals surface area contributed by atoms with E-state index in [1.807, 2.05) is 61.0 Å². The minimum atomic E-state index is -0.560. The van der Waals surface area contributed by atoms with E-state index < -0.39 is 5.97 Å². The van der Waals surface area contributed by atoms with Gasteiger partial charge in [-0.25, -0.2) is 9.48 Å². The molecule has 0 saturated heterocycles. The number of benzene rings is 2. The molecule has 3 aromatic rings. The van der Waals surface area contributed by atoms with Crippen LogP contribution in [0.3, 0.4) is 0 Å². The van der Waals surface area contributed by atoms with Crippen molar-refractivity contribution >= 4 is 17.8 Å². The molecule has 1 aromatic heterocycles. The van der Waals surface area contributed by atoms with Gasteiger partial charge in [-0.2, -0.15) is 5.10 Å². The highest BCUT2D eigenvalue weighted by molar-refractivity contribution is 5.99. The predicted molar refractivity (Wildman–Crippen MR) is 113 cm³/mol. The van der Waals surface area contributed by atoms with Crippen molar-refractivity contribution in [2.75, 3.05) is 6.61 Å². The zero-order valence-corrected chi connectivity index (χ0v) is 16.9. The number of aryl methyl sites for hydroxylation is 2. The molecule has 0 radical (unpaired) electrons. The Balaban J connectivity index is 1.63. The SMILES string of the molecule is CCc1ccc(C(=O)COC(=O)/C=C/c2c(C)nn(-c3ccccc3)c2C)cc1. The van der Waals surface area contributed by atoms with Crippen LogP contribution in [-0.2, 0) is 16.0 Å². The lowest BCUT2D eigenvalue weighted by molar-refractivity contribution is -0.136. The number of rotatable bonds is 7. The molecule has 148 valence electrons. The summed E-state index contributed by atoms with van der Waals surface area (Å²) in [6, 6.07) is 17.1. The van der Waals surface area contributed by atoms with Gasteiger partial charge in [0.1, 0.15) is 0 Å². The van der Waals surface area contributed by atoms with E-state index in [0.29, 0.717) is 5.56 Å². The lowest BCUT2D eigenvalue weighted by atomic mass is 10.1. The average molecular weight is 388 g/mol. The summed E-state index contributed by atoms with van der Waals surface area (Å²) in [5.74, 6) is -0.784. The van der Waals surface area contributed by atoms with Crippen LogP contribution in [-0.4, -0.2) is 28.1 Å². The first-order valence-electron chi connectivity index (χ1n) is 9.58. The summed E-state index contributed by atoms with van der Waals surface area (Å²) < 4.78 is 6.94. The largest absolute Gasteiger partial charge is 0.454 e. The maximum absolute atomic E-state index is 12.2. The Labute approximate surface area is 170 Å². The summed E-state index contributed by atoms with van der Waals surface area (Å²) in [6.45, 7) is 5.61. The van der Waals surface area contributed by atoms with Crippen molar-refractivity contribution in [2.24, 2.45) is 0 Å². The van der Waals surface area contributed by atoms with Crippen molar-refractivity contribution in [1.29, 1.82) is 0 Å². The van der Waals surface area contributed by atoms with Crippen LogP contribution in [0.4, 0.5) is 0 Å². The summed E-state index contributed by atoms with van der Waals surface area (Å²) in [5.41, 5.74) is 5.23. The number of nitrogens with zero attached hydrogens (tertiary/aromatic N) is 2. The zero-order chi connectivity index (χ0) is 20.8.